The number of allylic oxidation sites excluding steroid dienone is 4. The van der Waals surface area contributed by atoms with Crippen LogP contribution in [0, 0.1) is 5.92 Å². The first-order valence-electron chi connectivity index (χ1n) is 4.37. The van der Waals surface area contributed by atoms with Crippen LogP contribution in [-0.2, 0) is 0 Å². The number of hydrogen-bond acceptors (Lipinski definition) is 1. The minimum absolute atomic E-state index is 0.550. The van der Waals surface area contributed by atoms with Crippen LogP contribution in [0.4, 0.5) is 0 Å². The molecule has 12 heavy (non-hydrogen) atoms. The average molecular weight is 163 g/mol. The van der Waals surface area contributed by atoms with E-state index in [0.717, 1.165) is 5.70 Å². The Balaban J connectivity index is 3.08. The SMILES string of the molecule is C=C1NC(C)=CC(C)=C1C(C)C. The van der Waals surface area contributed by atoms with E-state index in [1.807, 2.05) is 0 Å². The fourth-order valence-electron chi connectivity index (χ4n) is 1.79. The summed E-state index contributed by atoms with van der Waals surface area (Å²) in [6.45, 7) is 12.6. The summed E-state index contributed by atoms with van der Waals surface area (Å²) in [6.07, 6.45) is 2.17. The second-order valence-electron chi connectivity index (χ2n) is 3.68. The van der Waals surface area contributed by atoms with Crippen LogP contribution in [0.1, 0.15) is 27.7 Å². The molecule has 66 valence electrons. The summed E-state index contributed by atoms with van der Waals surface area (Å²) in [5, 5.41) is 3.25. The monoisotopic (exact) mass is 163 g/mol. The molecule has 1 N–H and O–H groups in total. The van der Waals surface area contributed by atoms with Crippen molar-refractivity contribution in [2.45, 2.75) is 27.7 Å². The summed E-state index contributed by atoms with van der Waals surface area (Å²) in [4.78, 5) is 0. The van der Waals surface area contributed by atoms with E-state index in [-0.39, 0.29) is 0 Å². The van der Waals surface area contributed by atoms with E-state index in [2.05, 4.69) is 45.7 Å². The predicted octanol–water partition coefficient (Wildman–Crippen LogP) is 2.98. The molecule has 0 radical (unpaired) electrons. The van der Waals surface area contributed by atoms with E-state index in [1.54, 1.807) is 0 Å². The van der Waals surface area contributed by atoms with Crippen LogP contribution in [0.25, 0.3) is 0 Å². The van der Waals surface area contributed by atoms with Gasteiger partial charge in [0.25, 0.3) is 0 Å². The number of dihydropyridines is 1. The summed E-state index contributed by atoms with van der Waals surface area (Å²) < 4.78 is 0. The molecule has 0 fully saturated rings. The van der Waals surface area contributed by atoms with Gasteiger partial charge in [0.05, 0.1) is 0 Å². The van der Waals surface area contributed by atoms with Crippen LogP contribution in [-0.4, -0.2) is 0 Å². The highest BCUT2D eigenvalue weighted by atomic mass is 14.9. The van der Waals surface area contributed by atoms with Gasteiger partial charge in [0.15, 0.2) is 0 Å². The summed E-state index contributed by atoms with van der Waals surface area (Å²) in [5.41, 5.74) is 4.93. The van der Waals surface area contributed by atoms with Crippen LogP contribution in [0.3, 0.4) is 0 Å². The molecule has 0 aromatic rings. The number of rotatable bonds is 1. The Morgan fingerprint density at radius 2 is 1.92 bits per heavy atom. The molecule has 0 aromatic carbocycles. The quantitative estimate of drug-likeness (QED) is 0.626. The molecule has 0 unspecified atom stereocenters. The Morgan fingerprint density at radius 3 is 2.33 bits per heavy atom. The van der Waals surface area contributed by atoms with Crippen LogP contribution in [0.5, 0.6) is 0 Å². The Labute approximate surface area is 74.9 Å². The minimum atomic E-state index is 0.550. The Bertz CT molecular complexity index is 267. The zero-order valence-corrected chi connectivity index (χ0v) is 8.36. The van der Waals surface area contributed by atoms with Gasteiger partial charge in [-0.05, 0) is 37.0 Å². The maximum atomic E-state index is 4.01. The summed E-state index contributed by atoms with van der Waals surface area (Å²) in [5.74, 6) is 0.550. The first kappa shape index (κ1) is 9.11. The van der Waals surface area contributed by atoms with Gasteiger partial charge in [-0.1, -0.05) is 20.4 Å². The molecule has 1 nitrogen and oxygen atoms in total. The smallest absolute Gasteiger partial charge is 0.0346 e. The molecular weight excluding hydrogens is 146 g/mol. The van der Waals surface area contributed by atoms with Gasteiger partial charge in [0, 0.05) is 11.4 Å². The maximum Gasteiger partial charge on any atom is 0.0346 e. The minimum Gasteiger partial charge on any atom is -0.359 e. The molecule has 0 spiro atoms. The molecule has 1 aliphatic rings. The molecule has 1 rings (SSSR count). The van der Waals surface area contributed by atoms with Crippen molar-refractivity contribution in [3.63, 3.8) is 0 Å². The third-order valence-electron chi connectivity index (χ3n) is 2.11. The molecular formula is C11H17N. The van der Waals surface area contributed by atoms with Crippen molar-refractivity contribution in [1.29, 1.82) is 0 Å². The first-order chi connectivity index (χ1) is 5.52. The van der Waals surface area contributed by atoms with E-state index >= 15 is 0 Å². The Hall–Kier alpha value is -0.980. The molecule has 0 bridgehead atoms. The second kappa shape index (κ2) is 3.18. The van der Waals surface area contributed by atoms with Crippen LogP contribution >= 0.6 is 0 Å². The lowest BCUT2D eigenvalue weighted by atomic mass is 9.93. The molecule has 1 aliphatic heterocycles. The van der Waals surface area contributed by atoms with Crippen molar-refractivity contribution in [3.05, 3.63) is 35.2 Å². The molecule has 1 heteroatoms. The molecule has 0 aromatic heterocycles. The number of nitrogens with one attached hydrogen (secondary N) is 1. The van der Waals surface area contributed by atoms with Gasteiger partial charge in [-0.15, -0.1) is 0 Å². The van der Waals surface area contributed by atoms with Crippen molar-refractivity contribution in [2.75, 3.05) is 0 Å². The van der Waals surface area contributed by atoms with E-state index < -0.39 is 0 Å². The van der Waals surface area contributed by atoms with Gasteiger partial charge in [0.1, 0.15) is 0 Å². The third-order valence-corrected chi connectivity index (χ3v) is 2.11. The van der Waals surface area contributed by atoms with Gasteiger partial charge in [-0.25, -0.2) is 0 Å². The zero-order chi connectivity index (χ0) is 9.30. The van der Waals surface area contributed by atoms with E-state index in [0.29, 0.717) is 5.92 Å². The van der Waals surface area contributed by atoms with Crippen LogP contribution in [0.2, 0.25) is 0 Å². The zero-order valence-electron chi connectivity index (χ0n) is 8.36. The molecule has 1 heterocycles. The molecule has 0 saturated carbocycles. The van der Waals surface area contributed by atoms with Crippen LogP contribution in [0.15, 0.2) is 35.2 Å². The van der Waals surface area contributed by atoms with Gasteiger partial charge in [-0.2, -0.15) is 0 Å². The summed E-state index contributed by atoms with van der Waals surface area (Å²) in [7, 11) is 0. The predicted molar refractivity (Wildman–Crippen MR) is 53.6 cm³/mol. The fourth-order valence-corrected chi connectivity index (χ4v) is 1.79. The largest absolute Gasteiger partial charge is 0.359 e. The highest BCUT2D eigenvalue weighted by molar-refractivity contribution is 5.44. The maximum absolute atomic E-state index is 4.01. The molecule has 0 aliphatic carbocycles. The Kier molecular flexibility index (Phi) is 2.41. The van der Waals surface area contributed by atoms with Crippen molar-refractivity contribution in [3.8, 4) is 0 Å². The van der Waals surface area contributed by atoms with Crippen molar-refractivity contribution in [1.82, 2.24) is 5.32 Å². The van der Waals surface area contributed by atoms with Crippen LogP contribution < -0.4 is 5.32 Å². The summed E-state index contributed by atoms with van der Waals surface area (Å²) in [6, 6.07) is 0. The fraction of sp³-hybridized carbons (Fsp3) is 0.455. The van der Waals surface area contributed by atoms with Crippen molar-refractivity contribution < 1.29 is 0 Å². The average Bonchev–Trinajstić information content (AvgIpc) is 1.82. The summed E-state index contributed by atoms with van der Waals surface area (Å²) >= 11 is 0. The third kappa shape index (κ3) is 1.60. The van der Waals surface area contributed by atoms with Crippen molar-refractivity contribution >= 4 is 0 Å². The Morgan fingerprint density at radius 1 is 1.33 bits per heavy atom. The molecule has 0 amide bonds. The standard InChI is InChI=1S/C11H17N/c1-7(2)11-8(3)6-9(4)12-10(11)5/h6-7,12H,5H2,1-4H3. The van der Waals surface area contributed by atoms with E-state index in [4.69, 9.17) is 0 Å². The highest BCUT2D eigenvalue weighted by Crippen LogP contribution is 2.25. The molecule has 0 atom stereocenters. The van der Waals surface area contributed by atoms with Gasteiger partial charge in [0.2, 0.25) is 0 Å². The van der Waals surface area contributed by atoms with Crippen molar-refractivity contribution in [2.24, 2.45) is 5.92 Å². The lowest BCUT2D eigenvalue weighted by molar-refractivity contribution is 0.738. The molecule has 0 saturated heterocycles. The van der Waals surface area contributed by atoms with E-state index in [1.165, 1.54) is 16.8 Å². The second-order valence-corrected chi connectivity index (χ2v) is 3.68. The topological polar surface area (TPSA) is 12.0 Å². The van der Waals surface area contributed by atoms with E-state index in [9.17, 15) is 0 Å². The number of hydrogen-bond donors (Lipinski definition) is 1. The van der Waals surface area contributed by atoms with Gasteiger partial charge < -0.3 is 5.32 Å². The van der Waals surface area contributed by atoms with Gasteiger partial charge >= 0.3 is 0 Å². The normalized spacial score (nSPS) is 18.1. The first-order valence-corrected chi connectivity index (χ1v) is 4.37. The van der Waals surface area contributed by atoms with Gasteiger partial charge in [-0.3, -0.25) is 0 Å². The lowest BCUT2D eigenvalue weighted by Crippen LogP contribution is -2.19. The highest BCUT2D eigenvalue weighted by Gasteiger charge is 2.14. The lowest BCUT2D eigenvalue weighted by Gasteiger charge is -2.23.